The van der Waals surface area contributed by atoms with E-state index in [2.05, 4.69) is 32.0 Å². The molecule has 0 radical (unpaired) electrons. The van der Waals surface area contributed by atoms with Crippen LogP contribution in [-0.2, 0) is 0 Å². The predicted molar refractivity (Wildman–Crippen MR) is 74.3 cm³/mol. The van der Waals surface area contributed by atoms with Crippen molar-refractivity contribution in [2.75, 3.05) is 6.54 Å². The predicted octanol–water partition coefficient (Wildman–Crippen LogP) is 3.93. The molecule has 0 saturated heterocycles. The Kier molecular flexibility index (Phi) is 4.22. The highest BCUT2D eigenvalue weighted by Crippen LogP contribution is 2.37. The Morgan fingerprint density at radius 2 is 1.88 bits per heavy atom. The zero-order valence-corrected chi connectivity index (χ0v) is 11.2. The molecule has 1 aromatic rings. The third-order valence-electron chi connectivity index (χ3n) is 4.51. The van der Waals surface area contributed by atoms with Crippen molar-refractivity contribution in [1.29, 1.82) is 0 Å². The highest BCUT2D eigenvalue weighted by atomic mass is 14.6. The molecular weight excluding hydrogens is 206 g/mol. The van der Waals surface area contributed by atoms with Gasteiger partial charge in [0.25, 0.3) is 0 Å². The largest absolute Gasteiger partial charge is 0.330 e. The smallest absolute Gasteiger partial charge is 0.00430 e. The number of aryl methyl sites for hydroxylation is 1. The van der Waals surface area contributed by atoms with Crippen molar-refractivity contribution in [3.8, 4) is 0 Å². The van der Waals surface area contributed by atoms with Gasteiger partial charge < -0.3 is 5.73 Å². The van der Waals surface area contributed by atoms with Crippen molar-refractivity contribution < 1.29 is 0 Å². The van der Waals surface area contributed by atoms with E-state index in [-0.39, 0.29) is 0 Å². The minimum atomic E-state index is 0.693. The first-order valence-electron chi connectivity index (χ1n) is 7.00. The van der Waals surface area contributed by atoms with E-state index in [4.69, 9.17) is 5.73 Å². The highest BCUT2D eigenvalue weighted by molar-refractivity contribution is 5.36. The number of rotatable bonds is 2. The SMILES string of the molecule is Cc1cccc(C2CCCCCC2CN)c1C. The monoisotopic (exact) mass is 231 g/mol. The van der Waals surface area contributed by atoms with Crippen LogP contribution in [-0.4, -0.2) is 6.54 Å². The molecular formula is C16H25N. The standard InChI is InChI=1S/C16H25N/c1-12-7-6-10-15(13(12)2)16-9-5-3-4-8-14(16)11-17/h6-7,10,14,16H,3-5,8-9,11,17H2,1-2H3. The Morgan fingerprint density at radius 1 is 1.12 bits per heavy atom. The molecule has 2 atom stereocenters. The lowest BCUT2D eigenvalue weighted by molar-refractivity contribution is 0.407. The van der Waals surface area contributed by atoms with Gasteiger partial charge in [-0.25, -0.2) is 0 Å². The fourth-order valence-corrected chi connectivity index (χ4v) is 3.25. The summed E-state index contributed by atoms with van der Waals surface area (Å²) in [5.74, 6) is 1.39. The Hall–Kier alpha value is -0.820. The van der Waals surface area contributed by atoms with Gasteiger partial charge in [-0.3, -0.25) is 0 Å². The summed E-state index contributed by atoms with van der Waals surface area (Å²) in [4.78, 5) is 0. The number of hydrogen-bond acceptors (Lipinski definition) is 1. The fraction of sp³-hybridized carbons (Fsp3) is 0.625. The second-order valence-electron chi connectivity index (χ2n) is 5.53. The Balaban J connectivity index is 2.31. The molecule has 2 rings (SSSR count). The molecule has 1 nitrogen and oxygen atoms in total. The van der Waals surface area contributed by atoms with Crippen LogP contribution in [0.1, 0.15) is 54.7 Å². The van der Waals surface area contributed by atoms with Crippen molar-refractivity contribution in [2.45, 2.75) is 51.9 Å². The Labute approximate surface area is 105 Å². The summed E-state index contributed by atoms with van der Waals surface area (Å²) >= 11 is 0. The van der Waals surface area contributed by atoms with Gasteiger partial charge in [0.2, 0.25) is 0 Å². The molecule has 2 N–H and O–H groups in total. The lowest BCUT2D eigenvalue weighted by Crippen LogP contribution is -2.22. The summed E-state index contributed by atoms with van der Waals surface area (Å²) in [6.45, 7) is 5.33. The summed E-state index contributed by atoms with van der Waals surface area (Å²) < 4.78 is 0. The molecule has 0 aliphatic heterocycles. The van der Waals surface area contributed by atoms with Crippen LogP contribution in [0.15, 0.2) is 18.2 Å². The Bertz CT molecular complexity index is 370. The maximum atomic E-state index is 5.99. The van der Waals surface area contributed by atoms with Gasteiger partial charge in [-0.05, 0) is 61.8 Å². The summed E-state index contributed by atoms with van der Waals surface area (Å²) in [5, 5.41) is 0. The van der Waals surface area contributed by atoms with Crippen molar-refractivity contribution in [2.24, 2.45) is 11.7 Å². The van der Waals surface area contributed by atoms with Gasteiger partial charge in [0, 0.05) is 0 Å². The van der Waals surface area contributed by atoms with E-state index >= 15 is 0 Å². The van der Waals surface area contributed by atoms with E-state index in [1.54, 1.807) is 5.56 Å². The van der Waals surface area contributed by atoms with Crippen molar-refractivity contribution >= 4 is 0 Å². The van der Waals surface area contributed by atoms with Gasteiger partial charge in [-0.15, -0.1) is 0 Å². The molecule has 1 aliphatic rings. The molecule has 1 fully saturated rings. The summed E-state index contributed by atoms with van der Waals surface area (Å²) in [6.07, 6.45) is 6.76. The molecule has 2 unspecified atom stereocenters. The maximum Gasteiger partial charge on any atom is -0.00430 e. The van der Waals surface area contributed by atoms with E-state index in [0.717, 1.165) is 6.54 Å². The van der Waals surface area contributed by atoms with Crippen molar-refractivity contribution in [3.05, 3.63) is 34.9 Å². The third kappa shape index (κ3) is 2.71. The normalized spacial score (nSPS) is 25.6. The molecule has 0 heterocycles. The van der Waals surface area contributed by atoms with Crippen LogP contribution >= 0.6 is 0 Å². The second-order valence-corrected chi connectivity index (χ2v) is 5.53. The Morgan fingerprint density at radius 3 is 2.65 bits per heavy atom. The minimum absolute atomic E-state index is 0.693. The first-order valence-corrected chi connectivity index (χ1v) is 7.00. The van der Waals surface area contributed by atoms with Crippen molar-refractivity contribution in [3.63, 3.8) is 0 Å². The number of nitrogens with two attached hydrogens (primary N) is 1. The van der Waals surface area contributed by atoms with Crippen LogP contribution in [0, 0.1) is 19.8 Å². The molecule has 0 bridgehead atoms. The molecule has 1 heteroatoms. The van der Waals surface area contributed by atoms with Gasteiger partial charge >= 0.3 is 0 Å². The summed E-state index contributed by atoms with van der Waals surface area (Å²) in [6, 6.07) is 6.74. The number of hydrogen-bond donors (Lipinski definition) is 1. The molecule has 1 saturated carbocycles. The van der Waals surface area contributed by atoms with E-state index < -0.39 is 0 Å². The minimum Gasteiger partial charge on any atom is -0.330 e. The van der Waals surface area contributed by atoms with Crippen LogP contribution in [0.3, 0.4) is 0 Å². The molecule has 1 aliphatic carbocycles. The van der Waals surface area contributed by atoms with Crippen LogP contribution in [0.4, 0.5) is 0 Å². The molecule has 94 valence electrons. The van der Waals surface area contributed by atoms with E-state index in [1.165, 1.54) is 43.2 Å². The average Bonchev–Trinajstić information content (AvgIpc) is 2.57. The lowest BCUT2D eigenvalue weighted by atomic mass is 9.80. The number of benzene rings is 1. The van der Waals surface area contributed by atoms with Gasteiger partial charge in [0.05, 0.1) is 0 Å². The second kappa shape index (κ2) is 5.68. The molecule has 17 heavy (non-hydrogen) atoms. The maximum absolute atomic E-state index is 5.99. The van der Waals surface area contributed by atoms with Gasteiger partial charge in [0.1, 0.15) is 0 Å². The lowest BCUT2D eigenvalue weighted by Gasteiger charge is -2.26. The summed E-state index contributed by atoms with van der Waals surface area (Å²) in [5.41, 5.74) is 10.4. The van der Waals surface area contributed by atoms with Crippen LogP contribution in [0.25, 0.3) is 0 Å². The summed E-state index contributed by atoms with van der Waals surface area (Å²) in [7, 11) is 0. The highest BCUT2D eigenvalue weighted by Gasteiger charge is 2.25. The molecule has 0 aromatic heterocycles. The third-order valence-corrected chi connectivity index (χ3v) is 4.51. The van der Waals surface area contributed by atoms with Gasteiger partial charge in [-0.2, -0.15) is 0 Å². The van der Waals surface area contributed by atoms with Crippen LogP contribution in [0.5, 0.6) is 0 Å². The van der Waals surface area contributed by atoms with Crippen LogP contribution < -0.4 is 5.73 Å². The van der Waals surface area contributed by atoms with Crippen molar-refractivity contribution in [1.82, 2.24) is 0 Å². The van der Waals surface area contributed by atoms with Gasteiger partial charge in [-0.1, -0.05) is 37.5 Å². The first kappa shape index (κ1) is 12.6. The fourth-order valence-electron chi connectivity index (χ4n) is 3.25. The molecule has 0 amide bonds. The quantitative estimate of drug-likeness (QED) is 0.767. The van der Waals surface area contributed by atoms with Gasteiger partial charge in [0.15, 0.2) is 0 Å². The topological polar surface area (TPSA) is 26.0 Å². The van der Waals surface area contributed by atoms with E-state index in [0.29, 0.717) is 11.8 Å². The first-order chi connectivity index (χ1) is 8.24. The zero-order chi connectivity index (χ0) is 12.3. The molecule has 0 spiro atoms. The average molecular weight is 231 g/mol. The van der Waals surface area contributed by atoms with Crippen LogP contribution in [0.2, 0.25) is 0 Å². The van der Waals surface area contributed by atoms with E-state index in [1.807, 2.05) is 0 Å². The van der Waals surface area contributed by atoms with E-state index in [9.17, 15) is 0 Å². The molecule has 1 aromatic carbocycles. The zero-order valence-electron chi connectivity index (χ0n) is 11.2.